The number of nitrogens with zero attached hydrogens (tertiary/aromatic N) is 1. The van der Waals surface area contributed by atoms with Crippen molar-refractivity contribution in [3.8, 4) is 11.5 Å². The summed E-state index contributed by atoms with van der Waals surface area (Å²) in [6.07, 6.45) is -1.33. The monoisotopic (exact) mass is 1150 g/mol. The van der Waals surface area contributed by atoms with E-state index in [9.17, 15) is 28.8 Å². The topological polar surface area (TPSA) is 221 Å². The van der Waals surface area contributed by atoms with Crippen LogP contribution in [-0.2, 0) is 73.4 Å². The fraction of sp³-hybridized carbons (Fsp3) is 0.379. The van der Waals surface area contributed by atoms with E-state index in [-0.39, 0.29) is 65.7 Å². The number of methoxy groups -OCH3 is 1. The van der Waals surface area contributed by atoms with Gasteiger partial charge in [-0.15, -0.1) is 0 Å². The number of carbonyl (C=O) groups is 6. The van der Waals surface area contributed by atoms with Gasteiger partial charge in [-0.25, -0.2) is 24.2 Å². The summed E-state index contributed by atoms with van der Waals surface area (Å²) >= 11 is 0. The molecule has 5 aromatic carbocycles. The van der Waals surface area contributed by atoms with E-state index in [1.54, 1.807) is 110 Å². The molecule has 1 aromatic heterocycles. The summed E-state index contributed by atoms with van der Waals surface area (Å²) in [7, 11) is 1.59. The highest BCUT2D eigenvalue weighted by Crippen LogP contribution is 2.37. The van der Waals surface area contributed by atoms with Gasteiger partial charge in [0.15, 0.2) is 24.4 Å². The average Bonchev–Trinajstić information content (AvgIpc) is 3.84. The van der Waals surface area contributed by atoms with Gasteiger partial charge in [0.05, 0.1) is 49.0 Å². The molecule has 18 heteroatoms. The Kier molecular flexibility index (Phi) is 21.8. The maximum atomic E-state index is 14.1. The van der Waals surface area contributed by atoms with Crippen LogP contribution in [0.5, 0.6) is 11.5 Å². The summed E-state index contributed by atoms with van der Waals surface area (Å²) in [5.41, 5.74) is 3.51. The van der Waals surface area contributed by atoms with E-state index in [1.807, 2.05) is 50.2 Å². The number of ether oxygens (including phenoxy) is 10. The zero-order chi connectivity index (χ0) is 59.7. The van der Waals surface area contributed by atoms with Gasteiger partial charge in [0, 0.05) is 32.6 Å². The third-order valence-corrected chi connectivity index (χ3v) is 14.7. The molecule has 0 unspecified atom stereocenters. The van der Waals surface area contributed by atoms with Gasteiger partial charge in [0.1, 0.15) is 53.9 Å². The van der Waals surface area contributed by atoms with E-state index in [0.29, 0.717) is 29.8 Å². The molecule has 1 fully saturated rings. The van der Waals surface area contributed by atoms with Gasteiger partial charge in [-0.1, -0.05) is 113 Å². The molecular formula is C66H71NO17. The molecule has 6 aromatic rings. The molecular weight excluding hydrogens is 1080 g/mol. The minimum absolute atomic E-state index is 0.00203. The molecule has 0 saturated carbocycles. The molecule has 0 bridgehead atoms. The van der Waals surface area contributed by atoms with E-state index in [4.69, 9.17) is 56.8 Å². The molecule has 1 saturated heterocycles. The SMILES string of the molecule is CC[C@H](C)Cc1ccc2c(c1OC(C)=O)C(=O)O[C@H](C[C@H](/C=C/c1coc(C[C@H](O[C@H]3O[C@H](COC(=O)c4ccccc4)[C@@H](OC(=O)c4ccccc4)[C@@H]3OC(=O)c3ccccc3)[C@H](C)[C@@H](CC)OCc3ccc(OC)cc3)n1)OC(C)=O)C2. The van der Waals surface area contributed by atoms with Crippen molar-refractivity contribution in [1.82, 2.24) is 4.98 Å². The third kappa shape index (κ3) is 16.6. The number of fused-ring (bicyclic) bond motifs is 1. The van der Waals surface area contributed by atoms with Crippen LogP contribution < -0.4 is 9.47 Å². The van der Waals surface area contributed by atoms with Crippen LogP contribution >= 0.6 is 0 Å². The average molecular weight is 1150 g/mol. The first-order valence-corrected chi connectivity index (χ1v) is 28.2. The Balaban J connectivity index is 1.08. The van der Waals surface area contributed by atoms with E-state index >= 15 is 0 Å². The summed E-state index contributed by atoms with van der Waals surface area (Å²) in [5, 5.41) is 0. The summed E-state index contributed by atoms with van der Waals surface area (Å²) in [6, 6.07) is 36.1. The van der Waals surface area contributed by atoms with Gasteiger partial charge in [0.2, 0.25) is 0 Å². The first-order valence-electron chi connectivity index (χ1n) is 28.2. The van der Waals surface area contributed by atoms with Gasteiger partial charge in [-0.05, 0) is 96.1 Å². The van der Waals surface area contributed by atoms with Crippen LogP contribution in [0.15, 0.2) is 144 Å². The molecule has 18 nitrogen and oxygen atoms in total. The van der Waals surface area contributed by atoms with Gasteiger partial charge in [-0.3, -0.25) is 9.59 Å². The van der Waals surface area contributed by atoms with Crippen molar-refractivity contribution in [3.05, 3.63) is 190 Å². The van der Waals surface area contributed by atoms with E-state index < -0.39 is 97.4 Å². The molecule has 0 amide bonds. The number of cyclic esters (lactones) is 1. The lowest BCUT2D eigenvalue weighted by Gasteiger charge is -2.33. The highest BCUT2D eigenvalue weighted by molar-refractivity contribution is 5.97. The van der Waals surface area contributed by atoms with Gasteiger partial charge >= 0.3 is 35.8 Å². The first-order chi connectivity index (χ1) is 40.6. The number of rotatable bonds is 27. The van der Waals surface area contributed by atoms with Crippen LogP contribution in [0, 0.1) is 11.8 Å². The Bertz CT molecular complexity index is 3200. The van der Waals surface area contributed by atoms with E-state index in [1.165, 1.54) is 20.1 Å². The van der Waals surface area contributed by atoms with Crippen molar-refractivity contribution in [1.29, 1.82) is 0 Å². The fourth-order valence-corrected chi connectivity index (χ4v) is 10.0. The highest BCUT2D eigenvalue weighted by atomic mass is 16.7. The molecule has 0 N–H and O–H groups in total. The fourth-order valence-electron chi connectivity index (χ4n) is 10.0. The molecule has 3 heterocycles. The summed E-state index contributed by atoms with van der Waals surface area (Å²) in [5.74, 6) is -3.04. The number of oxazole rings is 1. The van der Waals surface area contributed by atoms with Crippen molar-refractivity contribution in [2.75, 3.05) is 13.7 Å². The second-order valence-electron chi connectivity index (χ2n) is 20.9. The largest absolute Gasteiger partial charge is 0.497 e. The number of esters is 6. The summed E-state index contributed by atoms with van der Waals surface area (Å²) in [6.45, 7) is 10.4. The van der Waals surface area contributed by atoms with Crippen LogP contribution in [-0.4, -0.2) is 104 Å². The third-order valence-electron chi connectivity index (χ3n) is 14.7. The Morgan fingerprint density at radius 2 is 1.36 bits per heavy atom. The zero-order valence-electron chi connectivity index (χ0n) is 48.2. The van der Waals surface area contributed by atoms with Crippen molar-refractivity contribution < 1.29 is 80.6 Å². The minimum Gasteiger partial charge on any atom is -0.497 e. The van der Waals surface area contributed by atoms with Crippen molar-refractivity contribution in [3.63, 3.8) is 0 Å². The predicted octanol–water partition coefficient (Wildman–Crippen LogP) is 10.9. The number of hydrogen-bond acceptors (Lipinski definition) is 18. The lowest BCUT2D eigenvalue weighted by atomic mass is 9.90. The molecule has 0 spiro atoms. The number of aromatic nitrogens is 1. The molecule has 10 atom stereocenters. The van der Waals surface area contributed by atoms with Crippen LogP contribution in [0.2, 0.25) is 0 Å². The first kappa shape index (κ1) is 61.6. The standard InChI is InChI=1S/C66H71NO17/c1-8-40(3)33-49-28-27-48-34-53(80-65(73)58(48)59(49)79-43(6)69)35-52(78-42(5)68)32-29-50-38-76-57(67-50)36-55(41(4)54(9-2)75-37-44-25-30-51(74-7)31-26-44)81-66-61(84-64(72)47-23-17-12-18-24-47)60(83-63(71)46-21-15-11-16-22-46)56(82-66)39-77-62(70)45-19-13-10-14-20-45/h10-32,38,40-41,52-56,60-61,66H,8-9,33-37,39H2,1-7H3/b32-29+/t40-,41+,52-,53-,54+,55-,56+,60+,61-,66-/m0/s1. The highest BCUT2D eigenvalue weighted by Gasteiger charge is 2.52. The van der Waals surface area contributed by atoms with Crippen LogP contribution in [0.25, 0.3) is 6.08 Å². The molecule has 0 aliphatic carbocycles. The van der Waals surface area contributed by atoms with Crippen LogP contribution in [0.3, 0.4) is 0 Å². The molecule has 84 heavy (non-hydrogen) atoms. The lowest BCUT2D eigenvalue weighted by Crippen LogP contribution is -2.45. The van der Waals surface area contributed by atoms with Crippen LogP contribution in [0.4, 0.5) is 0 Å². The quantitative estimate of drug-likeness (QED) is 0.0266. The second-order valence-corrected chi connectivity index (χ2v) is 20.9. The summed E-state index contributed by atoms with van der Waals surface area (Å²) in [4.78, 5) is 84.7. The van der Waals surface area contributed by atoms with Gasteiger partial charge in [0.25, 0.3) is 0 Å². The van der Waals surface area contributed by atoms with Gasteiger partial charge in [-0.2, -0.15) is 0 Å². The Morgan fingerprint density at radius 3 is 1.95 bits per heavy atom. The Hall–Kier alpha value is -8.45. The normalized spacial score (nSPS) is 19.2. The Labute approximate surface area is 488 Å². The van der Waals surface area contributed by atoms with E-state index in [2.05, 4.69) is 13.8 Å². The smallest absolute Gasteiger partial charge is 0.342 e. The van der Waals surface area contributed by atoms with Crippen molar-refractivity contribution in [2.24, 2.45) is 11.8 Å². The van der Waals surface area contributed by atoms with Crippen molar-refractivity contribution in [2.45, 2.75) is 136 Å². The minimum atomic E-state index is -1.45. The van der Waals surface area contributed by atoms with Crippen molar-refractivity contribution >= 4 is 41.9 Å². The number of benzene rings is 5. The second kappa shape index (κ2) is 29.7. The summed E-state index contributed by atoms with van der Waals surface area (Å²) < 4.78 is 67.2. The Morgan fingerprint density at radius 1 is 0.726 bits per heavy atom. The molecule has 8 rings (SSSR count). The van der Waals surface area contributed by atoms with Gasteiger partial charge < -0.3 is 51.8 Å². The maximum Gasteiger partial charge on any atom is 0.342 e. The predicted molar refractivity (Wildman–Crippen MR) is 306 cm³/mol. The number of carbonyl (C=O) groups excluding carboxylic acids is 6. The molecule has 2 aliphatic heterocycles. The maximum absolute atomic E-state index is 14.1. The van der Waals surface area contributed by atoms with Crippen LogP contribution in [0.1, 0.15) is 131 Å². The molecule has 442 valence electrons. The molecule has 0 radical (unpaired) electrons. The number of hydrogen-bond donors (Lipinski definition) is 0. The lowest BCUT2D eigenvalue weighted by molar-refractivity contribution is -0.212. The molecule has 2 aliphatic rings. The van der Waals surface area contributed by atoms with E-state index in [0.717, 1.165) is 17.5 Å². The zero-order valence-corrected chi connectivity index (χ0v) is 48.2.